The molecule has 0 N–H and O–H groups in total. The Hall–Kier alpha value is 1.46. The van der Waals surface area contributed by atoms with E-state index < -0.39 is 0 Å². The van der Waals surface area contributed by atoms with Crippen LogP contribution in [0.2, 0.25) is 0 Å². The maximum atomic E-state index is 2.48. The van der Waals surface area contributed by atoms with Crippen LogP contribution in [0.1, 0.15) is 96.9 Å². The van der Waals surface area contributed by atoms with Crippen molar-refractivity contribution < 1.29 is 0 Å². The fourth-order valence-electron chi connectivity index (χ4n) is 3.44. The maximum Gasteiger partial charge on any atom is 0 e. The van der Waals surface area contributed by atoms with Gasteiger partial charge in [-0.25, -0.2) is 0 Å². The van der Waals surface area contributed by atoms with Gasteiger partial charge in [-0.15, -0.1) is 0 Å². The first-order chi connectivity index (χ1) is 9.25. The first kappa shape index (κ1) is 25.7. The van der Waals surface area contributed by atoms with Crippen LogP contribution >= 0.6 is 37.2 Å². The van der Waals surface area contributed by atoms with Crippen molar-refractivity contribution in [3.63, 3.8) is 0 Å². The normalized spacial score (nSPS) is 15.3. The minimum Gasteiger partial charge on any atom is -0.0596 e. The Balaban J connectivity index is 0. The summed E-state index contributed by atoms with van der Waals surface area (Å²) in [5.74, 6) is 0. The molecule has 0 aromatic rings. The van der Waals surface area contributed by atoms with Crippen LogP contribution in [0, 0.1) is 32.5 Å². The highest BCUT2D eigenvalue weighted by Crippen LogP contribution is 2.66. The highest BCUT2D eigenvalue weighted by Gasteiger charge is 2.59. The van der Waals surface area contributed by atoms with Gasteiger partial charge < -0.3 is 0 Å². The molecule has 0 saturated heterocycles. The molecule has 0 radical (unpaired) electrons. The lowest BCUT2D eigenvalue weighted by Gasteiger charge is -2.65. The van der Waals surface area contributed by atoms with Gasteiger partial charge in [0, 0.05) is 37.2 Å². The minimum absolute atomic E-state index is 0.217. The van der Waals surface area contributed by atoms with Gasteiger partial charge in [0.1, 0.15) is 0 Å². The third-order valence-corrected chi connectivity index (χ3v) is 8.44. The largest absolute Gasteiger partial charge is 0.0596 e. The monoisotopic (exact) mass is 536 g/mol. The van der Waals surface area contributed by atoms with Gasteiger partial charge >= 0.3 is 0 Å². The van der Waals surface area contributed by atoms with Gasteiger partial charge in [-0.05, 0) is 32.5 Å². The van der Waals surface area contributed by atoms with Crippen molar-refractivity contribution in [1.82, 2.24) is 0 Å². The van der Waals surface area contributed by atoms with E-state index in [2.05, 4.69) is 134 Å². The third kappa shape index (κ3) is 4.16. The molecule has 0 fully saturated rings. The first-order valence-corrected chi connectivity index (χ1v) is 14.7. The summed E-state index contributed by atoms with van der Waals surface area (Å²) < 4.78 is 0. The lowest BCUT2D eigenvalue weighted by molar-refractivity contribution is -0.166. The molecule has 0 amide bonds. The summed E-state index contributed by atoms with van der Waals surface area (Å²) in [5, 5.41) is 0. The van der Waals surface area contributed by atoms with Crippen LogP contribution in [0.15, 0.2) is 0 Å². The Morgan fingerprint density at radius 3 is 0.545 bits per heavy atom. The van der Waals surface area contributed by atoms with E-state index in [9.17, 15) is 0 Å². The molecule has 136 valence electrons. The molecule has 0 aliphatic heterocycles. The van der Waals surface area contributed by atoms with Crippen LogP contribution in [0.25, 0.3) is 0 Å². The van der Waals surface area contributed by atoms with E-state index in [-0.39, 0.29) is 32.5 Å². The molecule has 22 heavy (non-hydrogen) atoms. The average molecular weight is 536 g/mol. The summed E-state index contributed by atoms with van der Waals surface area (Å²) in [6.07, 6.45) is 0. The summed E-state index contributed by atoms with van der Waals surface area (Å²) in [6, 6.07) is 0. The van der Waals surface area contributed by atoms with Crippen molar-refractivity contribution in [2.45, 2.75) is 96.9 Å². The van der Waals surface area contributed by atoms with Gasteiger partial charge in [-0.1, -0.05) is 96.9 Å². The maximum absolute atomic E-state index is 2.48. The molecule has 0 aliphatic carbocycles. The standard InChI is InChI=1S/C20H42.I2/c1-15(2,3)17(7,8)19(11,12)20(13,14)18(9,10)16(4,5)6;1-2/h1-14H3;. The van der Waals surface area contributed by atoms with Crippen LogP contribution < -0.4 is 0 Å². The van der Waals surface area contributed by atoms with Crippen LogP contribution in [-0.2, 0) is 0 Å². The SMILES string of the molecule is CC(C)(C)C(C)(C)C(C)(C)C(C)(C)C(C)(C)C(C)(C)C.II. The Bertz CT molecular complexity index is 311. The van der Waals surface area contributed by atoms with Crippen molar-refractivity contribution in [2.24, 2.45) is 32.5 Å². The van der Waals surface area contributed by atoms with E-state index in [1.807, 2.05) is 0 Å². The summed E-state index contributed by atoms with van der Waals surface area (Å²) in [5.41, 5.74) is 1.48. The van der Waals surface area contributed by atoms with E-state index in [1.54, 1.807) is 0 Å². The number of hydrogen-bond acceptors (Lipinski definition) is 0. The van der Waals surface area contributed by atoms with E-state index in [1.165, 1.54) is 0 Å². The second kappa shape index (κ2) is 7.37. The lowest BCUT2D eigenvalue weighted by Crippen LogP contribution is -2.58. The molecule has 2 heteroatoms. The Kier molecular flexibility index (Phi) is 8.61. The zero-order chi connectivity index (χ0) is 19.0. The topological polar surface area (TPSA) is 0 Å². The van der Waals surface area contributed by atoms with Gasteiger partial charge in [0.2, 0.25) is 0 Å². The van der Waals surface area contributed by atoms with Crippen molar-refractivity contribution in [3.8, 4) is 0 Å². The Morgan fingerprint density at radius 2 is 0.455 bits per heavy atom. The summed E-state index contributed by atoms with van der Waals surface area (Å²) >= 11 is 4.24. The van der Waals surface area contributed by atoms with Crippen LogP contribution in [0.5, 0.6) is 0 Å². The van der Waals surface area contributed by atoms with Crippen molar-refractivity contribution in [3.05, 3.63) is 0 Å². The number of rotatable bonds is 3. The highest BCUT2D eigenvalue weighted by molar-refractivity contribution is 15.0. The van der Waals surface area contributed by atoms with Gasteiger partial charge in [0.25, 0.3) is 0 Å². The molecule has 0 bridgehead atoms. The molecule has 0 spiro atoms. The smallest absolute Gasteiger partial charge is 0 e. The van der Waals surface area contributed by atoms with Crippen molar-refractivity contribution >= 4 is 37.2 Å². The second-order valence-electron chi connectivity index (χ2n) is 11.0. The van der Waals surface area contributed by atoms with E-state index in [0.717, 1.165) is 0 Å². The highest BCUT2D eigenvalue weighted by atomic mass is 128. The average Bonchev–Trinajstić information content (AvgIpc) is 2.27. The molecule has 0 heterocycles. The summed E-state index contributed by atoms with van der Waals surface area (Å²) in [6.45, 7) is 34.0. The molecule has 0 saturated carbocycles. The molecule has 0 rings (SSSR count). The molecular formula is C20H42I2. The third-order valence-electron chi connectivity index (χ3n) is 8.44. The fourth-order valence-corrected chi connectivity index (χ4v) is 3.44. The molecule has 0 aromatic carbocycles. The summed E-state index contributed by atoms with van der Waals surface area (Å²) in [7, 11) is 0. The zero-order valence-corrected chi connectivity index (χ0v) is 22.1. The van der Waals surface area contributed by atoms with Crippen LogP contribution in [0.3, 0.4) is 0 Å². The number of halogens is 2. The number of hydrogen-bond donors (Lipinski definition) is 0. The predicted octanol–water partition coefficient (Wildman–Crippen LogP) is 8.95. The van der Waals surface area contributed by atoms with E-state index in [4.69, 9.17) is 0 Å². The molecule has 0 nitrogen and oxygen atoms in total. The van der Waals surface area contributed by atoms with Gasteiger partial charge in [-0.3, -0.25) is 0 Å². The molecule has 0 aliphatic rings. The van der Waals surface area contributed by atoms with Crippen LogP contribution in [-0.4, -0.2) is 0 Å². The van der Waals surface area contributed by atoms with Gasteiger partial charge in [0.05, 0.1) is 0 Å². The first-order valence-electron chi connectivity index (χ1n) is 8.39. The molecule has 0 unspecified atom stereocenters. The van der Waals surface area contributed by atoms with Gasteiger partial charge in [0.15, 0.2) is 0 Å². The van der Waals surface area contributed by atoms with Crippen molar-refractivity contribution in [1.29, 1.82) is 0 Å². The molecule has 0 aromatic heterocycles. The van der Waals surface area contributed by atoms with E-state index in [0.29, 0.717) is 0 Å². The van der Waals surface area contributed by atoms with Crippen molar-refractivity contribution in [2.75, 3.05) is 0 Å². The zero-order valence-electron chi connectivity index (χ0n) is 17.8. The predicted molar refractivity (Wildman–Crippen MR) is 122 cm³/mol. The van der Waals surface area contributed by atoms with E-state index >= 15 is 0 Å². The van der Waals surface area contributed by atoms with Gasteiger partial charge in [-0.2, -0.15) is 0 Å². The Labute approximate surface area is 165 Å². The fraction of sp³-hybridized carbons (Fsp3) is 1.00. The molecule has 0 atom stereocenters. The Morgan fingerprint density at radius 1 is 0.318 bits per heavy atom. The lowest BCUT2D eigenvalue weighted by atomic mass is 9.40. The quantitative estimate of drug-likeness (QED) is 0.316. The van der Waals surface area contributed by atoms with Crippen LogP contribution in [0.4, 0.5) is 0 Å². The molecular weight excluding hydrogens is 494 g/mol. The minimum atomic E-state index is 0.217. The summed E-state index contributed by atoms with van der Waals surface area (Å²) in [4.78, 5) is 0. The second-order valence-corrected chi connectivity index (χ2v) is 11.0.